The third-order valence-electron chi connectivity index (χ3n) is 3.39. The largest absolute Gasteiger partial charge is 0.378 e. The number of hydrogen-bond acceptors (Lipinski definition) is 3. The van der Waals surface area contributed by atoms with E-state index in [2.05, 4.69) is 24.0 Å². The van der Waals surface area contributed by atoms with Crippen molar-refractivity contribution in [3.8, 4) is 0 Å². The van der Waals surface area contributed by atoms with Crippen LogP contribution in [0.1, 0.15) is 18.9 Å². The van der Waals surface area contributed by atoms with Gasteiger partial charge in [-0.25, -0.2) is 0 Å². The lowest BCUT2D eigenvalue weighted by Crippen LogP contribution is -2.36. The lowest BCUT2D eigenvalue weighted by atomic mass is 10.0. The van der Waals surface area contributed by atoms with E-state index in [1.165, 1.54) is 5.56 Å². The fourth-order valence-corrected chi connectivity index (χ4v) is 2.51. The molecule has 0 spiro atoms. The van der Waals surface area contributed by atoms with Gasteiger partial charge in [0.25, 0.3) is 0 Å². The molecule has 1 aromatic rings. The van der Waals surface area contributed by atoms with Crippen LogP contribution >= 0.6 is 11.6 Å². The van der Waals surface area contributed by atoms with E-state index in [-0.39, 0.29) is 6.04 Å². The fourth-order valence-electron chi connectivity index (χ4n) is 2.19. The van der Waals surface area contributed by atoms with Crippen LogP contribution in [0.4, 0.5) is 5.69 Å². The molecular weight excluding hydrogens is 248 g/mol. The molecule has 1 aliphatic rings. The molecule has 1 fully saturated rings. The molecule has 4 heteroatoms. The van der Waals surface area contributed by atoms with Gasteiger partial charge in [-0.3, -0.25) is 0 Å². The Morgan fingerprint density at radius 2 is 2.11 bits per heavy atom. The summed E-state index contributed by atoms with van der Waals surface area (Å²) in [5, 5.41) is 0.817. The zero-order valence-electron chi connectivity index (χ0n) is 10.9. The van der Waals surface area contributed by atoms with Crippen molar-refractivity contribution in [1.82, 2.24) is 0 Å². The minimum atomic E-state index is 0.218. The molecule has 1 saturated heterocycles. The van der Waals surface area contributed by atoms with E-state index in [1.54, 1.807) is 0 Å². The van der Waals surface area contributed by atoms with Crippen LogP contribution in [0.25, 0.3) is 0 Å². The van der Waals surface area contributed by atoms with Crippen molar-refractivity contribution in [2.45, 2.75) is 25.8 Å². The topological polar surface area (TPSA) is 38.5 Å². The van der Waals surface area contributed by atoms with Crippen molar-refractivity contribution in [1.29, 1.82) is 0 Å². The molecule has 1 aromatic carbocycles. The number of hydrogen-bond donors (Lipinski definition) is 1. The molecule has 1 heterocycles. The standard InChI is InChI=1S/C14H21ClN2O/c1-2-12(16)9-11-3-4-14(13(15)10-11)17-5-7-18-8-6-17/h3-4,10,12H,2,5-9,16H2,1H3. The third-order valence-corrected chi connectivity index (χ3v) is 3.69. The molecule has 2 rings (SSSR count). The number of nitrogens with zero attached hydrogens (tertiary/aromatic N) is 1. The average Bonchev–Trinajstić information content (AvgIpc) is 2.40. The molecule has 0 radical (unpaired) electrons. The Morgan fingerprint density at radius 3 is 2.72 bits per heavy atom. The van der Waals surface area contributed by atoms with Crippen LogP contribution in [0.3, 0.4) is 0 Å². The highest BCUT2D eigenvalue weighted by Crippen LogP contribution is 2.28. The van der Waals surface area contributed by atoms with Crippen LogP contribution in [-0.4, -0.2) is 32.3 Å². The van der Waals surface area contributed by atoms with Gasteiger partial charge in [-0.1, -0.05) is 24.6 Å². The zero-order valence-corrected chi connectivity index (χ0v) is 11.6. The van der Waals surface area contributed by atoms with Gasteiger partial charge < -0.3 is 15.4 Å². The number of ether oxygens (including phenoxy) is 1. The first-order valence-electron chi connectivity index (χ1n) is 6.57. The van der Waals surface area contributed by atoms with Crippen molar-refractivity contribution in [2.75, 3.05) is 31.2 Å². The zero-order chi connectivity index (χ0) is 13.0. The van der Waals surface area contributed by atoms with Crippen LogP contribution in [0.5, 0.6) is 0 Å². The lowest BCUT2D eigenvalue weighted by molar-refractivity contribution is 0.122. The van der Waals surface area contributed by atoms with E-state index in [0.29, 0.717) is 0 Å². The second kappa shape index (κ2) is 6.41. The minimum absolute atomic E-state index is 0.218. The molecule has 0 saturated carbocycles. The van der Waals surface area contributed by atoms with E-state index in [9.17, 15) is 0 Å². The molecule has 0 amide bonds. The molecule has 1 unspecified atom stereocenters. The molecule has 3 nitrogen and oxygen atoms in total. The van der Waals surface area contributed by atoms with E-state index in [0.717, 1.165) is 49.9 Å². The number of morpholine rings is 1. The monoisotopic (exact) mass is 268 g/mol. The lowest BCUT2D eigenvalue weighted by Gasteiger charge is -2.29. The van der Waals surface area contributed by atoms with Gasteiger partial charge in [0.15, 0.2) is 0 Å². The number of anilines is 1. The predicted octanol–water partition coefficient (Wildman–Crippen LogP) is 2.46. The molecule has 0 aromatic heterocycles. The Hall–Kier alpha value is -0.770. The molecule has 0 aliphatic carbocycles. The average molecular weight is 269 g/mol. The van der Waals surface area contributed by atoms with Gasteiger partial charge in [0.1, 0.15) is 0 Å². The number of nitrogens with two attached hydrogens (primary N) is 1. The van der Waals surface area contributed by atoms with E-state index < -0.39 is 0 Å². The molecule has 18 heavy (non-hydrogen) atoms. The van der Waals surface area contributed by atoms with Crippen LogP contribution in [0, 0.1) is 0 Å². The van der Waals surface area contributed by atoms with Crippen molar-refractivity contribution in [2.24, 2.45) is 5.73 Å². The number of rotatable bonds is 4. The van der Waals surface area contributed by atoms with Gasteiger partial charge in [-0.15, -0.1) is 0 Å². The minimum Gasteiger partial charge on any atom is -0.378 e. The Labute approximate surface area is 114 Å². The SMILES string of the molecule is CCC(N)Cc1ccc(N2CCOCC2)c(Cl)c1. The Kier molecular flexibility index (Phi) is 4.87. The Morgan fingerprint density at radius 1 is 1.39 bits per heavy atom. The van der Waals surface area contributed by atoms with Gasteiger partial charge in [0.05, 0.1) is 23.9 Å². The van der Waals surface area contributed by atoms with Gasteiger partial charge in [-0.2, -0.15) is 0 Å². The summed E-state index contributed by atoms with van der Waals surface area (Å²) in [7, 11) is 0. The van der Waals surface area contributed by atoms with Crippen molar-refractivity contribution >= 4 is 17.3 Å². The first kappa shape index (κ1) is 13.7. The number of halogens is 1. The maximum Gasteiger partial charge on any atom is 0.0642 e. The highest BCUT2D eigenvalue weighted by atomic mass is 35.5. The van der Waals surface area contributed by atoms with Gasteiger partial charge in [0, 0.05) is 19.1 Å². The Bertz CT molecular complexity index is 391. The highest BCUT2D eigenvalue weighted by molar-refractivity contribution is 6.33. The quantitative estimate of drug-likeness (QED) is 0.912. The van der Waals surface area contributed by atoms with Gasteiger partial charge >= 0.3 is 0 Å². The first-order valence-corrected chi connectivity index (χ1v) is 6.95. The molecule has 1 aliphatic heterocycles. The van der Waals surface area contributed by atoms with Crippen molar-refractivity contribution in [3.63, 3.8) is 0 Å². The van der Waals surface area contributed by atoms with Crippen LogP contribution in [-0.2, 0) is 11.2 Å². The summed E-state index contributed by atoms with van der Waals surface area (Å²) in [4.78, 5) is 2.27. The van der Waals surface area contributed by atoms with Gasteiger partial charge in [0.2, 0.25) is 0 Å². The summed E-state index contributed by atoms with van der Waals surface area (Å²) in [5.41, 5.74) is 8.29. The summed E-state index contributed by atoms with van der Waals surface area (Å²) < 4.78 is 5.35. The summed E-state index contributed by atoms with van der Waals surface area (Å²) >= 11 is 6.37. The second-order valence-corrected chi connectivity index (χ2v) is 5.16. The van der Waals surface area contributed by atoms with Crippen LogP contribution in [0.2, 0.25) is 5.02 Å². The van der Waals surface area contributed by atoms with Gasteiger partial charge in [-0.05, 0) is 30.5 Å². The summed E-state index contributed by atoms with van der Waals surface area (Å²) in [6.45, 7) is 5.48. The maximum atomic E-state index is 6.37. The number of benzene rings is 1. The summed E-state index contributed by atoms with van der Waals surface area (Å²) in [5.74, 6) is 0. The third kappa shape index (κ3) is 3.37. The van der Waals surface area contributed by atoms with Crippen LogP contribution < -0.4 is 10.6 Å². The van der Waals surface area contributed by atoms with Crippen LogP contribution in [0.15, 0.2) is 18.2 Å². The smallest absolute Gasteiger partial charge is 0.0642 e. The van der Waals surface area contributed by atoms with Crippen molar-refractivity contribution in [3.05, 3.63) is 28.8 Å². The first-order chi connectivity index (χ1) is 8.70. The van der Waals surface area contributed by atoms with E-state index >= 15 is 0 Å². The summed E-state index contributed by atoms with van der Waals surface area (Å²) in [6, 6.07) is 6.50. The van der Waals surface area contributed by atoms with E-state index in [4.69, 9.17) is 22.1 Å². The predicted molar refractivity (Wildman–Crippen MR) is 76.5 cm³/mol. The second-order valence-electron chi connectivity index (χ2n) is 4.76. The molecule has 2 N–H and O–H groups in total. The molecule has 1 atom stereocenters. The fraction of sp³-hybridized carbons (Fsp3) is 0.571. The normalized spacial score (nSPS) is 17.8. The highest BCUT2D eigenvalue weighted by Gasteiger charge is 2.14. The maximum absolute atomic E-state index is 6.37. The summed E-state index contributed by atoms with van der Waals surface area (Å²) in [6.07, 6.45) is 1.88. The van der Waals surface area contributed by atoms with Crippen molar-refractivity contribution < 1.29 is 4.74 Å². The Balaban J connectivity index is 2.09. The molecule has 0 bridgehead atoms. The van der Waals surface area contributed by atoms with E-state index in [1.807, 2.05) is 6.07 Å². The molecule has 100 valence electrons. The molecular formula is C14H21ClN2O.